The highest BCUT2D eigenvalue weighted by Crippen LogP contribution is 2.24. The molecule has 1 N–H and O–H groups in total. The zero-order valence-electron chi connectivity index (χ0n) is 32.3. The van der Waals surface area contributed by atoms with Crippen LogP contribution in [0.3, 0.4) is 0 Å². The number of hydrogen-bond acceptors (Lipinski definition) is 3. The van der Waals surface area contributed by atoms with Crippen LogP contribution in [-0.2, 0) is 24.1 Å². The number of rotatable bonds is 14. The van der Waals surface area contributed by atoms with E-state index >= 15 is 0 Å². The largest absolute Gasteiger partial charge is 0.497 e. The molecule has 3 aromatic carbocycles. The zero-order valence-corrected chi connectivity index (χ0v) is 33.0. The smallest absolute Gasteiger partial charge is 0.303 e. The van der Waals surface area contributed by atoms with E-state index in [-0.39, 0.29) is 6.42 Å². The van der Waals surface area contributed by atoms with Gasteiger partial charge in [-0.25, -0.2) is 4.39 Å². The summed E-state index contributed by atoms with van der Waals surface area (Å²) < 4.78 is 22.3. The van der Waals surface area contributed by atoms with Gasteiger partial charge < -0.3 is 14.6 Å². The van der Waals surface area contributed by atoms with Gasteiger partial charge in [0.15, 0.2) is 0 Å². The standard InChI is InChI=1S/C16H24O3.C12H18O.C11H13Cl.C4H9F/c1-3-4-7-13-10-14(12-15(11-13)19-2)8-5-6-9-16(17)18;1-5-6-11-8-12(13-4)10(3)7-9(11)2;1-8(2)9(3)10-4-6-11(12)7-5-10;1-4(2,3)5/h10-12H,3-9H2,1-2H3,(H,17,18);7-8H,5-6H2,1-4H3;4-7,9H,1H2,2-3H3;1-3H3. The molecule has 0 heterocycles. The van der Waals surface area contributed by atoms with E-state index in [0.29, 0.717) is 5.92 Å². The predicted molar refractivity (Wildman–Crippen MR) is 209 cm³/mol. The van der Waals surface area contributed by atoms with Gasteiger partial charge in [0.05, 0.1) is 14.2 Å². The number of unbranched alkanes of at least 4 members (excludes halogenated alkanes) is 2. The Hall–Kier alpha value is -3.31. The fourth-order valence-corrected chi connectivity index (χ4v) is 4.92. The molecule has 6 heteroatoms. The van der Waals surface area contributed by atoms with Crippen molar-refractivity contribution in [2.45, 2.75) is 132 Å². The molecule has 0 aliphatic rings. The number of methoxy groups -OCH3 is 2. The van der Waals surface area contributed by atoms with Gasteiger partial charge in [0.25, 0.3) is 0 Å². The SMILES string of the molecule is C=C(C)C(C)c1ccc(Cl)cc1.CC(C)(C)F.CCCCc1cc(CCCCC(=O)O)cc(OC)c1.CCCc1cc(OC)c(C)cc1C. The van der Waals surface area contributed by atoms with Crippen molar-refractivity contribution in [1.29, 1.82) is 0 Å². The van der Waals surface area contributed by atoms with Crippen molar-refractivity contribution in [3.05, 3.63) is 105 Å². The van der Waals surface area contributed by atoms with Gasteiger partial charge in [-0.15, -0.1) is 0 Å². The molecule has 3 aromatic rings. The first-order chi connectivity index (χ1) is 22.9. The van der Waals surface area contributed by atoms with Crippen molar-refractivity contribution in [2.24, 2.45) is 0 Å². The topological polar surface area (TPSA) is 55.8 Å². The van der Waals surface area contributed by atoms with E-state index in [4.69, 9.17) is 26.2 Å². The molecular weight excluding hydrogens is 635 g/mol. The maximum atomic E-state index is 11.7. The van der Waals surface area contributed by atoms with Gasteiger partial charge >= 0.3 is 5.97 Å². The number of benzene rings is 3. The van der Waals surface area contributed by atoms with Crippen molar-refractivity contribution in [1.82, 2.24) is 0 Å². The van der Waals surface area contributed by atoms with E-state index in [0.717, 1.165) is 48.6 Å². The molecule has 1 unspecified atom stereocenters. The van der Waals surface area contributed by atoms with E-state index in [9.17, 15) is 9.18 Å². The van der Waals surface area contributed by atoms with Crippen molar-refractivity contribution in [3.8, 4) is 11.5 Å². The molecule has 0 fully saturated rings. The van der Waals surface area contributed by atoms with Crippen molar-refractivity contribution < 1.29 is 23.8 Å². The van der Waals surface area contributed by atoms with E-state index < -0.39 is 11.6 Å². The molecule has 3 rings (SSSR count). The van der Waals surface area contributed by atoms with Crippen LogP contribution in [-0.4, -0.2) is 31.0 Å². The highest BCUT2D eigenvalue weighted by Gasteiger charge is 2.06. The minimum absolute atomic E-state index is 0.257. The molecule has 0 aromatic heterocycles. The second-order valence-corrected chi connectivity index (χ2v) is 14.0. The summed E-state index contributed by atoms with van der Waals surface area (Å²) in [6.07, 6.45) is 8.60. The quantitative estimate of drug-likeness (QED) is 0.134. The molecule has 0 aliphatic carbocycles. The Morgan fingerprint density at radius 2 is 1.41 bits per heavy atom. The highest BCUT2D eigenvalue weighted by molar-refractivity contribution is 6.30. The van der Waals surface area contributed by atoms with E-state index in [1.165, 1.54) is 79.0 Å². The van der Waals surface area contributed by atoms with Gasteiger partial charge in [-0.1, -0.05) is 81.6 Å². The van der Waals surface area contributed by atoms with Gasteiger partial charge in [0.1, 0.15) is 17.2 Å². The minimum atomic E-state index is -1.00. The molecule has 1 atom stereocenters. The van der Waals surface area contributed by atoms with E-state index in [1.54, 1.807) is 14.2 Å². The number of carbonyl (C=O) groups is 1. The average Bonchev–Trinajstić information content (AvgIpc) is 3.03. The van der Waals surface area contributed by atoms with Crippen LogP contribution in [0.1, 0.15) is 126 Å². The molecule has 0 aliphatic heterocycles. The number of ether oxygens (including phenoxy) is 2. The number of hydrogen-bond donors (Lipinski definition) is 1. The summed E-state index contributed by atoms with van der Waals surface area (Å²) in [7, 11) is 3.42. The molecule has 49 heavy (non-hydrogen) atoms. The zero-order chi connectivity index (χ0) is 37.6. The van der Waals surface area contributed by atoms with Crippen LogP contribution in [0.5, 0.6) is 11.5 Å². The lowest BCUT2D eigenvalue weighted by Crippen LogP contribution is -2.01. The van der Waals surface area contributed by atoms with Crippen LogP contribution >= 0.6 is 11.6 Å². The average molecular weight is 699 g/mol. The third-order valence-corrected chi connectivity index (χ3v) is 7.92. The summed E-state index contributed by atoms with van der Waals surface area (Å²) in [6.45, 7) is 21.3. The first kappa shape index (κ1) is 45.7. The summed E-state index contributed by atoms with van der Waals surface area (Å²) in [6, 6.07) is 18.6. The normalized spacial score (nSPS) is 11.0. The number of aryl methyl sites for hydroxylation is 5. The molecule has 0 saturated carbocycles. The first-order valence-corrected chi connectivity index (χ1v) is 18.0. The van der Waals surface area contributed by atoms with Crippen molar-refractivity contribution >= 4 is 17.6 Å². The summed E-state index contributed by atoms with van der Waals surface area (Å²) in [5, 5.41) is 9.40. The number of halogens is 2. The Balaban J connectivity index is 0.000000677. The molecule has 0 bridgehead atoms. The van der Waals surface area contributed by atoms with Gasteiger partial charge in [0, 0.05) is 17.4 Å². The summed E-state index contributed by atoms with van der Waals surface area (Å²) in [5.74, 6) is 1.62. The highest BCUT2D eigenvalue weighted by atomic mass is 35.5. The maximum Gasteiger partial charge on any atom is 0.303 e. The monoisotopic (exact) mass is 698 g/mol. The molecular formula is C43H64ClFO4. The maximum absolute atomic E-state index is 11.7. The number of aliphatic carboxylic acids is 1. The summed E-state index contributed by atoms with van der Waals surface area (Å²) >= 11 is 5.77. The lowest BCUT2D eigenvalue weighted by molar-refractivity contribution is -0.137. The lowest BCUT2D eigenvalue weighted by Gasteiger charge is -2.10. The van der Waals surface area contributed by atoms with Gasteiger partial charge in [-0.2, -0.15) is 0 Å². The van der Waals surface area contributed by atoms with Crippen molar-refractivity contribution in [2.75, 3.05) is 14.2 Å². The molecule has 0 spiro atoms. The third kappa shape index (κ3) is 22.1. The van der Waals surface area contributed by atoms with Crippen LogP contribution in [0, 0.1) is 13.8 Å². The predicted octanol–water partition coefficient (Wildman–Crippen LogP) is 12.9. The molecule has 0 saturated heterocycles. The number of carboxylic acid groups (broad SMARTS) is 1. The number of allylic oxidation sites excluding steroid dienone is 1. The van der Waals surface area contributed by atoms with E-state index in [1.807, 2.05) is 31.2 Å². The fraction of sp³-hybridized carbons (Fsp3) is 0.512. The Kier molecular flexibility index (Phi) is 23.1. The van der Waals surface area contributed by atoms with Crippen molar-refractivity contribution in [3.63, 3.8) is 0 Å². The van der Waals surface area contributed by atoms with Gasteiger partial charge in [0.2, 0.25) is 0 Å². The fourth-order valence-electron chi connectivity index (χ4n) is 4.79. The molecule has 0 amide bonds. The first-order valence-electron chi connectivity index (χ1n) is 17.6. The second kappa shape index (κ2) is 24.8. The summed E-state index contributed by atoms with van der Waals surface area (Å²) in [5.41, 5.74) is 8.01. The van der Waals surface area contributed by atoms with Crippen LogP contribution in [0.15, 0.2) is 66.7 Å². The Morgan fingerprint density at radius 1 is 0.857 bits per heavy atom. The minimum Gasteiger partial charge on any atom is -0.497 e. The molecule has 4 nitrogen and oxygen atoms in total. The van der Waals surface area contributed by atoms with Crippen LogP contribution in [0.4, 0.5) is 4.39 Å². The molecule has 0 radical (unpaired) electrons. The van der Waals surface area contributed by atoms with E-state index in [2.05, 4.69) is 71.5 Å². The molecule has 274 valence electrons. The second-order valence-electron chi connectivity index (χ2n) is 13.6. The van der Waals surface area contributed by atoms with Gasteiger partial charge in [-0.05, 0) is 144 Å². The number of alkyl halides is 1. The summed E-state index contributed by atoms with van der Waals surface area (Å²) in [4.78, 5) is 10.5. The number of carboxylic acids is 1. The third-order valence-electron chi connectivity index (χ3n) is 7.67. The Labute approximate surface area is 303 Å². The van der Waals surface area contributed by atoms with Crippen LogP contribution in [0.25, 0.3) is 0 Å². The lowest BCUT2D eigenvalue weighted by atomic mass is 9.95. The van der Waals surface area contributed by atoms with Gasteiger partial charge in [-0.3, -0.25) is 4.79 Å². The Bertz CT molecular complexity index is 1370. The van der Waals surface area contributed by atoms with Crippen LogP contribution < -0.4 is 9.47 Å². The van der Waals surface area contributed by atoms with Crippen LogP contribution in [0.2, 0.25) is 5.02 Å². The Morgan fingerprint density at radius 3 is 1.86 bits per heavy atom.